The Hall–Kier alpha value is -1.40. The number of carbonyl (C=O) groups is 2. The number of nitrogens with zero attached hydrogens (tertiary/aromatic N) is 1. The Bertz CT molecular complexity index is 479. The highest BCUT2D eigenvalue weighted by Crippen LogP contribution is 2.17. The molecule has 0 unspecified atom stereocenters. The summed E-state index contributed by atoms with van der Waals surface area (Å²) in [6.45, 7) is 4.10. The zero-order valence-corrected chi connectivity index (χ0v) is 12.8. The lowest BCUT2D eigenvalue weighted by molar-refractivity contribution is -0.122. The third-order valence-corrected chi connectivity index (χ3v) is 4.65. The molecule has 1 aromatic rings. The first-order chi connectivity index (χ1) is 9.60. The van der Waals surface area contributed by atoms with Crippen LogP contribution < -0.4 is 10.6 Å². The van der Waals surface area contributed by atoms with E-state index in [2.05, 4.69) is 15.5 Å². The van der Waals surface area contributed by atoms with Crippen LogP contribution in [0.4, 0.5) is 0 Å². The molecule has 2 heterocycles. The predicted octanol–water partition coefficient (Wildman–Crippen LogP) is 0.997. The largest absolute Gasteiger partial charge is 0.358 e. The fraction of sp³-hybridized carbons (Fsp3) is 0.571. The van der Waals surface area contributed by atoms with E-state index < -0.39 is 0 Å². The zero-order chi connectivity index (χ0) is 14.5. The number of rotatable bonds is 4. The van der Waals surface area contributed by atoms with Crippen molar-refractivity contribution in [2.75, 3.05) is 26.7 Å². The molecule has 110 valence electrons. The number of thiophene rings is 1. The summed E-state index contributed by atoms with van der Waals surface area (Å²) in [5, 5.41) is 7.67. The van der Waals surface area contributed by atoms with Gasteiger partial charge in [-0.1, -0.05) is 0 Å². The summed E-state index contributed by atoms with van der Waals surface area (Å²) in [5.41, 5.74) is 1.03. The van der Waals surface area contributed by atoms with Crippen LogP contribution >= 0.6 is 11.3 Å². The van der Waals surface area contributed by atoms with Gasteiger partial charge in [0.1, 0.15) is 0 Å². The Balaban J connectivity index is 1.79. The van der Waals surface area contributed by atoms with E-state index in [0.29, 0.717) is 6.54 Å². The summed E-state index contributed by atoms with van der Waals surface area (Å²) >= 11 is 1.48. The van der Waals surface area contributed by atoms with E-state index in [4.69, 9.17) is 0 Å². The normalized spacial score (nSPS) is 16.9. The van der Waals surface area contributed by atoms with Gasteiger partial charge in [0.25, 0.3) is 5.91 Å². The van der Waals surface area contributed by atoms with Crippen LogP contribution in [0.1, 0.15) is 28.1 Å². The van der Waals surface area contributed by atoms with Gasteiger partial charge in [0.2, 0.25) is 5.91 Å². The molecule has 1 aromatic heterocycles. The molecule has 2 rings (SSSR count). The first-order valence-electron chi connectivity index (χ1n) is 6.88. The van der Waals surface area contributed by atoms with Gasteiger partial charge in [0, 0.05) is 26.2 Å². The minimum atomic E-state index is 0.0299. The highest BCUT2D eigenvalue weighted by atomic mass is 32.1. The van der Waals surface area contributed by atoms with E-state index in [9.17, 15) is 9.59 Å². The fourth-order valence-corrected chi connectivity index (χ4v) is 3.20. The van der Waals surface area contributed by atoms with Crippen molar-refractivity contribution >= 4 is 23.2 Å². The minimum Gasteiger partial charge on any atom is -0.358 e. The molecule has 1 saturated heterocycles. The lowest BCUT2D eigenvalue weighted by Gasteiger charge is -2.31. The fourth-order valence-electron chi connectivity index (χ4n) is 2.37. The van der Waals surface area contributed by atoms with E-state index in [1.165, 1.54) is 11.3 Å². The maximum atomic E-state index is 12.1. The SMILES string of the molecule is CNC(=O)CN1CCC(NC(=O)c2sccc2C)CC1. The number of aryl methyl sites for hydroxylation is 1. The highest BCUT2D eigenvalue weighted by molar-refractivity contribution is 7.12. The van der Waals surface area contributed by atoms with Crippen LogP contribution in [-0.4, -0.2) is 49.4 Å². The molecule has 0 spiro atoms. The average Bonchev–Trinajstić information content (AvgIpc) is 2.87. The summed E-state index contributed by atoms with van der Waals surface area (Å²) in [6, 6.07) is 2.18. The molecule has 1 aliphatic heterocycles. The number of likely N-dealkylation sites (N-methyl/N-ethyl adjacent to an activating group) is 1. The van der Waals surface area contributed by atoms with E-state index >= 15 is 0 Å². The molecule has 0 aromatic carbocycles. The van der Waals surface area contributed by atoms with Crippen molar-refractivity contribution in [3.8, 4) is 0 Å². The molecule has 0 radical (unpaired) electrons. The average molecular weight is 295 g/mol. The second-order valence-corrected chi connectivity index (χ2v) is 6.05. The molecule has 5 nitrogen and oxygen atoms in total. The Morgan fingerprint density at radius 1 is 1.40 bits per heavy atom. The Labute approximate surface area is 123 Å². The van der Waals surface area contributed by atoms with Gasteiger partial charge < -0.3 is 10.6 Å². The maximum Gasteiger partial charge on any atom is 0.261 e. The van der Waals surface area contributed by atoms with Gasteiger partial charge in [-0.25, -0.2) is 0 Å². The van der Waals surface area contributed by atoms with Gasteiger partial charge in [0.15, 0.2) is 0 Å². The van der Waals surface area contributed by atoms with Crippen molar-refractivity contribution < 1.29 is 9.59 Å². The number of hydrogen-bond acceptors (Lipinski definition) is 4. The van der Waals surface area contributed by atoms with E-state index in [1.807, 2.05) is 18.4 Å². The van der Waals surface area contributed by atoms with Crippen LogP contribution in [0.5, 0.6) is 0 Å². The number of piperidine rings is 1. The Kier molecular flexibility index (Phi) is 5.14. The molecule has 1 aliphatic rings. The van der Waals surface area contributed by atoms with Crippen molar-refractivity contribution in [1.82, 2.24) is 15.5 Å². The molecule has 0 bridgehead atoms. The molecule has 6 heteroatoms. The Morgan fingerprint density at radius 2 is 2.10 bits per heavy atom. The summed E-state index contributed by atoms with van der Waals surface area (Å²) in [5.74, 6) is 0.0731. The first kappa shape index (κ1) is 15.0. The highest BCUT2D eigenvalue weighted by Gasteiger charge is 2.22. The second kappa shape index (κ2) is 6.85. The zero-order valence-electron chi connectivity index (χ0n) is 11.9. The summed E-state index contributed by atoms with van der Waals surface area (Å²) in [7, 11) is 1.65. The van der Waals surface area contributed by atoms with Gasteiger partial charge in [0.05, 0.1) is 11.4 Å². The van der Waals surface area contributed by atoms with Crippen LogP contribution in [-0.2, 0) is 4.79 Å². The van der Waals surface area contributed by atoms with Crippen LogP contribution in [0, 0.1) is 6.92 Å². The molecule has 2 amide bonds. The first-order valence-corrected chi connectivity index (χ1v) is 7.76. The lowest BCUT2D eigenvalue weighted by Crippen LogP contribution is -2.47. The topological polar surface area (TPSA) is 61.4 Å². The van der Waals surface area contributed by atoms with Gasteiger partial charge in [-0.2, -0.15) is 0 Å². The third-order valence-electron chi connectivity index (χ3n) is 3.64. The summed E-state index contributed by atoms with van der Waals surface area (Å²) < 4.78 is 0. The second-order valence-electron chi connectivity index (χ2n) is 5.13. The number of amides is 2. The summed E-state index contributed by atoms with van der Waals surface area (Å²) in [4.78, 5) is 26.4. The van der Waals surface area contributed by atoms with Gasteiger partial charge >= 0.3 is 0 Å². The van der Waals surface area contributed by atoms with Crippen molar-refractivity contribution in [2.45, 2.75) is 25.8 Å². The smallest absolute Gasteiger partial charge is 0.261 e. The van der Waals surface area contributed by atoms with Gasteiger partial charge in [-0.05, 0) is 36.8 Å². The standard InChI is InChI=1S/C14H21N3O2S/c1-10-5-8-20-13(10)14(19)16-11-3-6-17(7-4-11)9-12(18)15-2/h5,8,11H,3-4,6-7,9H2,1-2H3,(H,15,18)(H,16,19). The summed E-state index contributed by atoms with van der Waals surface area (Å²) in [6.07, 6.45) is 1.79. The van der Waals surface area contributed by atoms with Crippen molar-refractivity contribution in [1.29, 1.82) is 0 Å². The van der Waals surface area contributed by atoms with Gasteiger partial charge in [-0.3, -0.25) is 14.5 Å². The number of carbonyl (C=O) groups excluding carboxylic acids is 2. The van der Waals surface area contributed by atoms with Crippen molar-refractivity contribution in [3.05, 3.63) is 21.9 Å². The molecule has 20 heavy (non-hydrogen) atoms. The molecule has 0 saturated carbocycles. The molecular formula is C14H21N3O2S. The maximum absolute atomic E-state index is 12.1. The van der Waals surface area contributed by atoms with Gasteiger partial charge in [-0.15, -0.1) is 11.3 Å². The van der Waals surface area contributed by atoms with Crippen LogP contribution in [0.3, 0.4) is 0 Å². The van der Waals surface area contributed by atoms with E-state index in [0.717, 1.165) is 36.4 Å². The van der Waals surface area contributed by atoms with Crippen LogP contribution in [0.2, 0.25) is 0 Å². The molecule has 2 N–H and O–H groups in total. The van der Waals surface area contributed by atoms with Crippen molar-refractivity contribution in [3.63, 3.8) is 0 Å². The molecule has 0 aliphatic carbocycles. The Morgan fingerprint density at radius 3 is 2.65 bits per heavy atom. The van der Waals surface area contributed by atoms with Crippen LogP contribution in [0.15, 0.2) is 11.4 Å². The quantitative estimate of drug-likeness (QED) is 0.871. The molecule has 1 fully saturated rings. The van der Waals surface area contributed by atoms with E-state index in [1.54, 1.807) is 7.05 Å². The number of likely N-dealkylation sites (tertiary alicyclic amines) is 1. The van der Waals surface area contributed by atoms with Crippen LogP contribution in [0.25, 0.3) is 0 Å². The minimum absolute atomic E-state index is 0.0299. The number of nitrogens with one attached hydrogen (secondary N) is 2. The van der Waals surface area contributed by atoms with E-state index in [-0.39, 0.29) is 17.9 Å². The number of hydrogen-bond donors (Lipinski definition) is 2. The lowest BCUT2D eigenvalue weighted by atomic mass is 10.0. The monoisotopic (exact) mass is 295 g/mol. The predicted molar refractivity (Wildman–Crippen MR) is 80.1 cm³/mol. The third kappa shape index (κ3) is 3.80. The molecule has 0 atom stereocenters. The van der Waals surface area contributed by atoms with Crippen molar-refractivity contribution in [2.24, 2.45) is 0 Å². The molecular weight excluding hydrogens is 274 g/mol.